The van der Waals surface area contributed by atoms with E-state index in [0.717, 1.165) is 19.5 Å². The van der Waals surface area contributed by atoms with Crippen LogP contribution >= 0.6 is 0 Å². The fourth-order valence-electron chi connectivity index (χ4n) is 2.92. The lowest BCUT2D eigenvalue weighted by atomic mass is 10.2. The lowest BCUT2D eigenvalue weighted by Gasteiger charge is -2.18. The minimum absolute atomic E-state index is 0.823. The van der Waals surface area contributed by atoms with Crippen LogP contribution in [0.4, 0.5) is 11.4 Å². The van der Waals surface area contributed by atoms with Crippen molar-refractivity contribution in [3.8, 4) is 0 Å². The predicted molar refractivity (Wildman–Crippen MR) is 87.7 cm³/mol. The molecule has 1 aliphatic heterocycles. The fraction of sp³-hybridized carbons (Fsp3) is 0.471. The molecule has 0 atom stereocenters. The number of hydrogen-bond acceptors (Lipinski definition) is 3. The number of hydrogen-bond donors (Lipinski definition) is 1. The molecule has 0 bridgehead atoms. The standard InChI is InChI=1S/C17H24N4/c1-2-8-21-14-18-12-17(21)13-19-15-6-5-7-16(11-15)20-9-3-4-10-20/h5-7,11-12,14,19H,2-4,8-10,13H2,1H3. The van der Waals surface area contributed by atoms with Gasteiger partial charge in [-0.3, -0.25) is 0 Å². The quantitative estimate of drug-likeness (QED) is 0.881. The van der Waals surface area contributed by atoms with Gasteiger partial charge in [0.25, 0.3) is 0 Å². The van der Waals surface area contributed by atoms with Gasteiger partial charge in [-0.1, -0.05) is 13.0 Å². The topological polar surface area (TPSA) is 33.1 Å². The zero-order valence-corrected chi connectivity index (χ0v) is 12.8. The zero-order chi connectivity index (χ0) is 14.5. The predicted octanol–water partition coefficient (Wildman–Crippen LogP) is 3.51. The largest absolute Gasteiger partial charge is 0.379 e. The monoisotopic (exact) mass is 284 g/mol. The Labute approximate surface area is 126 Å². The highest BCUT2D eigenvalue weighted by molar-refractivity contribution is 5.58. The smallest absolute Gasteiger partial charge is 0.0948 e. The lowest BCUT2D eigenvalue weighted by molar-refractivity contribution is 0.651. The molecule has 0 amide bonds. The van der Waals surface area contributed by atoms with Crippen LogP contribution in [0.2, 0.25) is 0 Å². The summed E-state index contributed by atoms with van der Waals surface area (Å²) < 4.78 is 2.22. The van der Waals surface area contributed by atoms with Crippen LogP contribution in [0, 0.1) is 0 Å². The third-order valence-corrected chi connectivity index (χ3v) is 4.05. The minimum atomic E-state index is 0.823. The molecule has 1 aromatic heterocycles. The molecule has 0 unspecified atom stereocenters. The van der Waals surface area contributed by atoms with Gasteiger partial charge in [0.05, 0.1) is 18.6 Å². The van der Waals surface area contributed by atoms with Gasteiger partial charge in [-0.2, -0.15) is 0 Å². The van der Waals surface area contributed by atoms with E-state index in [1.54, 1.807) is 0 Å². The van der Waals surface area contributed by atoms with Crippen LogP contribution in [0.25, 0.3) is 0 Å². The first-order valence-corrected chi connectivity index (χ1v) is 7.94. The molecule has 21 heavy (non-hydrogen) atoms. The van der Waals surface area contributed by atoms with E-state index < -0.39 is 0 Å². The summed E-state index contributed by atoms with van der Waals surface area (Å²) in [6, 6.07) is 8.74. The van der Waals surface area contributed by atoms with Crippen LogP contribution < -0.4 is 10.2 Å². The highest BCUT2D eigenvalue weighted by Crippen LogP contribution is 2.23. The molecule has 4 nitrogen and oxygen atoms in total. The summed E-state index contributed by atoms with van der Waals surface area (Å²) in [5.41, 5.74) is 3.76. The van der Waals surface area contributed by atoms with Gasteiger partial charge in [0, 0.05) is 37.2 Å². The Bertz CT molecular complexity index is 570. The molecule has 0 aliphatic carbocycles. The minimum Gasteiger partial charge on any atom is -0.379 e. The van der Waals surface area contributed by atoms with Crippen LogP contribution in [0.5, 0.6) is 0 Å². The van der Waals surface area contributed by atoms with Gasteiger partial charge in [-0.15, -0.1) is 0 Å². The number of benzene rings is 1. The van der Waals surface area contributed by atoms with Crippen molar-refractivity contribution in [1.82, 2.24) is 9.55 Å². The second-order valence-corrected chi connectivity index (χ2v) is 5.68. The van der Waals surface area contributed by atoms with Gasteiger partial charge in [0.1, 0.15) is 0 Å². The summed E-state index contributed by atoms with van der Waals surface area (Å²) in [6.07, 6.45) is 7.63. The average molecular weight is 284 g/mol. The molecule has 0 spiro atoms. The van der Waals surface area contributed by atoms with Gasteiger partial charge in [-0.25, -0.2) is 4.98 Å². The summed E-state index contributed by atoms with van der Waals surface area (Å²) in [7, 11) is 0. The molecule has 0 radical (unpaired) electrons. The first kappa shape index (κ1) is 14.0. The Balaban J connectivity index is 1.64. The fourth-order valence-corrected chi connectivity index (χ4v) is 2.92. The Hall–Kier alpha value is -1.97. The third kappa shape index (κ3) is 3.38. The van der Waals surface area contributed by atoms with E-state index in [4.69, 9.17) is 0 Å². The van der Waals surface area contributed by atoms with Crippen LogP contribution in [-0.4, -0.2) is 22.6 Å². The molecule has 4 heteroatoms. The summed E-state index contributed by atoms with van der Waals surface area (Å²) in [6.45, 7) is 6.42. The molecule has 2 heterocycles. The van der Waals surface area contributed by atoms with E-state index in [1.807, 2.05) is 12.5 Å². The van der Waals surface area contributed by atoms with Crippen molar-refractivity contribution in [1.29, 1.82) is 0 Å². The number of nitrogens with zero attached hydrogens (tertiary/aromatic N) is 3. The molecule has 3 rings (SSSR count). The summed E-state index contributed by atoms with van der Waals surface area (Å²) in [5.74, 6) is 0. The van der Waals surface area contributed by atoms with Gasteiger partial charge >= 0.3 is 0 Å². The Kier molecular flexibility index (Phi) is 4.43. The van der Waals surface area contributed by atoms with E-state index in [0.29, 0.717) is 0 Å². The van der Waals surface area contributed by atoms with E-state index in [9.17, 15) is 0 Å². The molecule has 2 aromatic rings. The zero-order valence-electron chi connectivity index (χ0n) is 12.8. The maximum Gasteiger partial charge on any atom is 0.0948 e. The van der Waals surface area contributed by atoms with Crippen LogP contribution in [0.3, 0.4) is 0 Å². The first-order chi connectivity index (χ1) is 10.4. The van der Waals surface area contributed by atoms with Crippen LogP contribution in [0.15, 0.2) is 36.8 Å². The van der Waals surface area contributed by atoms with Crippen molar-refractivity contribution in [3.63, 3.8) is 0 Å². The normalized spacial score (nSPS) is 14.6. The number of anilines is 2. The number of nitrogens with one attached hydrogen (secondary N) is 1. The van der Waals surface area contributed by atoms with Crippen molar-refractivity contribution >= 4 is 11.4 Å². The number of rotatable bonds is 6. The highest BCUT2D eigenvalue weighted by atomic mass is 15.1. The van der Waals surface area contributed by atoms with Crippen molar-refractivity contribution < 1.29 is 0 Å². The maximum atomic E-state index is 4.25. The number of imidazole rings is 1. The second kappa shape index (κ2) is 6.66. The van der Waals surface area contributed by atoms with Gasteiger partial charge in [0.2, 0.25) is 0 Å². The highest BCUT2D eigenvalue weighted by Gasteiger charge is 2.12. The molecule has 1 N–H and O–H groups in total. The number of aromatic nitrogens is 2. The SMILES string of the molecule is CCCn1cncc1CNc1cccc(N2CCCC2)c1. The van der Waals surface area contributed by atoms with Crippen molar-refractivity contribution in [2.75, 3.05) is 23.3 Å². The summed E-state index contributed by atoms with van der Waals surface area (Å²) in [4.78, 5) is 6.71. The molecular weight excluding hydrogens is 260 g/mol. The second-order valence-electron chi connectivity index (χ2n) is 5.68. The van der Waals surface area contributed by atoms with Crippen LogP contribution in [-0.2, 0) is 13.1 Å². The molecule has 1 aromatic carbocycles. The number of aryl methyl sites for hydroxylation is 1. The van der Waals surface area contributed by atoms with E-state index in [-0.39, 0.29) is 0 Å². The van der Waals surface area contributed by atoms with E-state index in [2.05, 4.69) is 51.0 Å². The summed E-state index contributed by atoms with van der Waals surface area (Å²) in [5, 5.41) is 3.52. The Morgan fingerprint density at radius 1 is 1.24 bits per heavy atom. The van der Waals surface area contributed by atoms with Crippen molar-refractivity contribution in [3.05, 3.63) is 42.5 Å². The Morgan fingerprint density at radius 3 is 2.90 bits per heavy atom. The van der Waals surface area contributed by atoms with E-state index in [1.165, 1.54) is 43.0 Å². The molecule has 0 saturated carbocycles. The lowest BCUT2D eigenvalue weighted by Crippen LogP contribution is -2.17. The molecule has 1 saturated heterocycles. The first-order valence-electron chi connectivity index (χ1n) is 7.94. The van der Waals surface area contributed by atoms with E-state index >= 15 is 0 Å². The summed E-state index contributed by atoms with van der Waals surface area (Å²) >= 11 is 0. The Morgan fingerprint density at radius 2 is 2.10 bits per heavy atom. The van der Waals surface area contributed by atoms with Crippen LogP contribution in [0.1, 0.15) is 31.9 Å². The molecule has 1 fully saturated rings. The maximum absolute atomic E-state index is 4.25. The third-order valence-electron chi connectivity index (χ3n) is 4.05. The van der Waals surface area contributed by atoms with Gasteiger partial charge in [0.15, 0.2) is 0 Å². The van der Waals surface area contributed by atoms with Crippen molar-refractivity contribution in [2.24, 2.45) is 0 Å². The molecular formula is C17H24N4. The molecule has 112 valence electrons. The average Bonchev–Trinajstić information content (AvgIpc) is 3.18. The molecule has 1 aliphatic rings. The van der Waals surface area contributed by atoms with Crippen molar-refractivity contribution in [2.45, 2.75) is 39.3 Å². The van der Waals surface area contributed by atoms with Gasteiger partial charge < -0.3 is 14.8 Å². The van der Waals surface area contributed by atoms with Gasteiger partial charge in [-0.05, 0) is 37.5 Å².